The summed E-state index contributed by atoms with van der Waals surface area (Å²) in [6.07, 6.45) is 0.785. The number of amides is 1. The van der Waals surface area contributed by atoms with E-state index >= 15 is 0 Å². The molecule has 2 heterocycles. The van der Waals surface area contributed by atoms with Crippen LogP contribution in [0, 0.1) is 0 Å². The van der Waals surface area contributed by atoms with E-state index in [1.54, 1.807) is 6.07 Å². The van der Waals surface area contributed by atoms with Crippen LogP contribution in [0.5, 0.6) is 0 Å². The Labute approximate surface area is 217 Å². The number of hydrogen-bond acceptors (Lipinski definition) is 6. The second kappa shape index (κ2) is 10.9. The maximum atomic E-state index is 13.1. The van der Waals surface area contributed by atoms with Gasteiger partial charge in [-0.15, -0.1) is 0 Å². The van der Waals surface area contributed by atoms with E-state index in [1.165, 1.54) is 26.9 Å². The molecule has 0 saturated carbocycles. The molecule has 2 aliphatic rings. The lowest BCUT2D eigenvalue weighted by atomic mass is 10.1. The minimum atomic E-state index is -3.78. The van der Waals surface area contributed by atoms with Gasteiger partial charge >= 0.3 is 5.91 Å². The molecule has 0 aliphatic carbocycles. The van der Waals surface area contributed by atoms with Gasteiger partial charge in [-0.05, 0) is 35.7 Å². The first-order valence-corrected chi connectivity index (χ1v) is 13.8. The number of carbonyl (C=O) groups is 2. The summed E-state index contributed by atoms with van der Waals surface area (Å²) >= 11 is 0. The zero-order chi connectivity index (χ0) is 25.8. The summed E-state index contributed by atoms with van der Waals surface area (Å²) in [5.74, 6) is -1.33. The number of ketones is 1. The van der Waals surface area contributed by atoms with Crippen LogP contribution in [0.15, 0.2) is 83.8 Å². The van der Waals surface area contributed by atoms with E-state index in [2.05, 4.69) is 17.0 Å². The van der Waals surface area contributed by atoms with Crippen LogP contribution in [0.4, 0.5) is 5.69 Å². The average molecular weight is 520 g/mol. The largest absolute Gasteiger partial charge is 0.379 e. The number of sulfonamides is 1. The van der Waals surface area contributed by atoms with Crippen LogP contribution < -0.4 is 4.90 Å². The number of ether oxygens (including phenoxy) is 1. The van der Waals surface area contributed by atoms with Crippen molar-refractivity contribution < 1.29 is 22.7 Å². The van der Waals surface area contributed by atoms with E-state index in [4.69, 9.17) is 4.74 Å². The normalized spacial score (nSPS) is 16.4. The molecule has 5 rings (SSSR count). The molecule has 0 unspecified atom stereocenters. The first kappa shape index (κ1) is 25.3. The van der Waals surface area contributed by atoms with Crippen molar-refractivity contribution in [1.82, 2.24) is 9.21 Å². The Morgan fingerprint density at radius 2 is 1.49 bits per heavy atom. The summed E-state index contributed by atoms with van der Waals surface area (Å²) in [4.78, 5) is 29.6. The molecule has 0 aromatic heterocycles. The van der Waals surface area contributed by atoms with Crippen molar-refractivity contribution in [1.29, 1.82) is 0 Å². The number of Topliss-reactive ketones (excluding diaryl/α,β-unsaturated/α-hetero) is 1. The van der Waals surface area contributed by atoms with Crippen molar-refractivity contribution in [3.63, 3.8) is 0 Å². The lowest BCUT2D eigenvalue weighted by Crippen LogP contribution is -2.41. The fourth-order valence-electron chi connectivity index (χ4n) is 4.69. The fourth-order valence-corrected chi connectivity index (χ4v) is 6.12. The van der Waals surface area contributed by atoms with Crippen LogP contribution in [-0.4, -0.2) is 68.8 Å². The molecule has 37 heavy (non-hydrogen) atoms. The topological polar surface area (TPSA) is 87.2 Å². The fraction of sp³-hybridized carbons (Fsp3) is 0.286. The molecule has 192 valence electrons. The van der Waals surface area contributed by atoms with Gasteiger partial charge in [-0.25, -0.2) is 8.42 Å². The van der Waals surface area contributed by atoms with Gasteiger partial charge in [-0.3, -0.25) is 19.4 Å². The predicted octanol–water partition coefficient (Wildman–Crippen LogP) is 2.94. The van der Waals surface area contributed by atoms with E-state index in [1.807, 2.05) is 48.5 Å². The number of carbonyl (C=O) groups excluding carboxylic acids is 2. The predicted molar refractivity (Wildman–Crippen MR) is 140 cm³/mol. The van der Waals surface area contributed by atoms with E-state index in [9.17, 15) is 18.0 Å². The zero-order valence-corrected chi connectivity index (χ0v) is 21.3. The lowest BCUT2D eigenvalue weighted by molar-refractivity contribution is -0.114. The summed E-state index contributed by atoms with van der Waals surface area (Å²) in [5.41, 5.74) is 2.85. The Balaban J connectivity index is 1.39. The summed E-state index contributed by atoms with van der Waals surface area (Å²) in [7, 11) is -3.78. The number of hydrogen-bond donors (Lipinski definition) is 0. The van der Waals surface area contributed by atoms with Crippen LogP contribution in [0.2, 0.25) is 0 Å². The van der Waals surface area contributed by atoms with Gasteiger partial charge in [-0.1, -0.05) is 60.7 Å². The van der Waals surface area contributed by atoms with Crippen LogP contribution in [0.1, 0.15) is 21.5 Å². The van der Waals surface area contributed by atoms with Crippen LogP contribution in [0.25, 0.3) is 0 Å². The first-order valence-electron chi connectivity index (χ1n) is 12.3. The molecule has 1 fully saturated rings. The summed E-state index contributed by atoms with van der Waals surface area (Å²) in [6, 6.07) is 24.5. The Hall–Kier alpha value is -3.37. The van der Waals surface area contributed by atoms with E-state index in [0.717, 1.165) is 12.0 Å². The monoisotopic (exact) mass is 519 g/mol. The zero-order valence-electron chi connectivity index (χ0n) is 20.5. The van der Waals surface area contributed by atoms with Crippen molar-refractivity contribution in [2.24, 2.45) is 0 Å². The SMILES string of the molecule is O=C1C(=O)N(CN(CCc2ccccc2)Cc2ccccc2)c2ccc(S(=O)(=O)N3CCOCC3)cc21. The van der Waals surface area contributed by atoms with Gasteiger partial charge in [-0.2, -0.15) is 4.31 Å². The molecule has 0 atom stereocenters. The van der Waals surface area contributed by atoms with E-state index in [-0.39, 0.29) is 30.2 Å². The molecule has 1 saturated heterocycles. The third-order valence-corrected chi connectivity index (χ3v) is 8.60. The van der Waals surface area contributed by atoms with Crippen molar-refractivity contribution in [3.8, 4) is 0 Å². The highest BCUT2D eigenvalue weighted by molar-refractivity contribution is 7.89. The number of benzene rings is 3. The van der Waals surface area contributed by atoms with Gasteiger partial charge < -0.3 is 4.74 Å². The van der Waals surface area contributed by atoms with Gasteiger partial charge in [0.15, 0.2) is 0 Å². The molecular weight excluding hydrogens is 490 g/mol. The molecule has 9 heteroatoms. The minimum absolute atomic E-state index is 0.0152. The number of rotatable bonds is 9. The molecule has 0 spiro atoms. The molecule has 1 amide bonds. The molecule has 3 aromatic carbocycles. The second-order valence-electron chi connectivity index (χ2n) is 9.17. The van der Waals surface area contributed by atoms with Gasteiger partial charge in [0.05, 0.1) is 36.0 Å². The average Bonchev–Trinajstić information content (AvgIpc) is 3.17. The molecule has 0 bridgehead atoms. The molecule has 0 N–H and O–H groups in total. The van der Waals surface area contributed by atoms with Crippen LogP contribution in [0.3, 0.4) is 0 Å². The minimum Gasteiger partial charge on any atom is -0.379 e. The van der Waals surface area contributed by atoms with E-state index < -0.39 is 21.7 Å². The van der Waals surface area contributed by atoms with E-state index in [0.29, 0.717) is 32.0 Å². The van der Waals surface area contributed by atoms with Gasteiger partial charge in [0.1, 0.15) is 0 Å². The molecule has 3 aromatic rings. The van der Waals surface area contributed by atoms with Crippen molar-refractivity contribution in [2.45, 2.75) is 17.9 Å². The molecule has 2 aliphatic heterocycles. The molecular formula is C28H29N3O5S. The maximum absolute atomic E-state index is 13.1. The third-order valence-electron chi connectivity index (χ3n) is 6.70. The Kier molecular flexibility index (Phi) is 7.48. The lowest BCUT2D eigenvalue weighted by Gasteiger charge is -2.28. The quantitative estimate of drug-likeness (QED) is 0.404. The maximum Gasteiger partial charge on any atom is 0.300 e. The first-order chi connectivity index (χ1) is 17.9. The number of anilines is 1. The van der Waals surface area contributed by atoms with Crippen LogP contribution >= 0.6 is 0 Å². The highest BCUT2D eigenvalue weighted by atomic mass is 32.2. The second-order valence-corrected chi connectivity index (χ2v) is 11.1. The summed E-state index contributed by atoms with van der Waals surface area (Å²) in [5, 5.41) is 0. The molecule has 0 radical (unpaired) electrons. The summed E-state index contributed by atoms with van der Waals surface area (Å²) < 4.78 is 32.8. The van der Waals surface area contributed by atoms with Crippen LogP contribution in [-0.2, 0) is 32.5 Å². The smallest absolute Gasteiger partial charge is 0.300 e. The number of morpholine rings is 1. The third kappa shape index (κ3) is 5.50. The van der Waals surface area contributed by atoms with Gasteiger partial charge in [0, 0.05) is 26.2 Å². The highest BCUT2D eigenvalue weighted by Gasteiger charge is 2.38. The van der Waals surface area contributed by atoms with Crippen molar-refractivity contribution in [3.05, 3.63) is 95.6 Å². The van der Waals surface area contributed by atoms with Gasteiger partial charge in [0.2, 0.25) is 10.0 Å². The Bertz CT molecular complexity index is 1370. The van der Waals surface area contributed by atoms with Crippen molar-refractivity contribution >= 4 is 27.4 Å². The Morgan fingerprint density at radius 1 is 0.838 bits per heavy atom. The van der Waals surface area contributed by atoms with Crippen molar-refractivity contribution in [2.75, 3.05) is 44.4 Å². The van der Waals surface area contributed by atoms with Gasteiger partial charge in [0.25, 0.3) is 5.78 Å². The standard InChI is InChI=1S/C28H29N3O5S/c32-27-25-19-24(37(34,35)30-15-17-36-18-16-30)11-12-26(25)31(28(27)33)21-29(20-23-9-5-2-6-10-23)14-13-22-7-3-1-4-8-22/h1-12,19H,13-18,20-21H2. The Morgan fingerprint density at radius 3 is 2.16 bits per heavy atom. The molecule has 8 nitrogen and oxygen atoms in total. The number of fused-ring (bicyclic) bond motifs is 1. The number of nitrogens with zero attached hydrogens (tertiary/aromatic N) is 3. The summed E-state index contributed by atoms with van der Waals surface area (Å²) in [6.45, 7) is 2.67. The highest BCUT2D eigenvalue weighted by Crippen LogP contribution is 2.32.